The molecule has 0 fully saturated rings. The van der Waals surface area contributed by atoms with E-state index in [9.17, 15) is 4.79 Å². The van der Waals surface area contributed by atoms with E-state index < -0.39 is 6.03 Å². The van der Waals surface area contributed by atoms with Crippen molar-refractivity contribution in [1.82, 2.24) is 0 Å². The highest BCUT2D eigenvalue weighted by Crippen LogP contribution is 2.22. The molecule has 2 aromatic carbocycles. The van der Waals surface area contributed by atoms with Gasteiger partial charge in [0.1, 0.15) is 5.75 Å². The van der Waals surface area contributed by atoms with Gasteiger partial charge in [0.25, 0.3) is 0 Å². The molecule has 0 aromatic heterocycles. The van der Waals surface area contributed by atoms with Crippen LogP contribution in [0.3, 0.4) is 0 Å². The first-order chi connectivity index (χ1) is 10.1. The van der Waals surface area contributed by atoms with Crippen molar-refractivity contribution in [3.8, 4) is 5.75 Å². The highest BCUT2D eigenvalue weighted by atomic mass is 16.5. The molecule has 1 atom stereocenters. The summed E-state index contributed by atoms with van der Waals surface area (Å²) in [5, 5.41) is 5.92. The summed E-state index contributed by atoms with van der Waals surface area (Å²) in [5.41, 5.74) is 7.87. The molecule has 5 heteroatoms. The molecule has 2 amide bonds. The first kappa shape index (κ1) is 14.7. The van der Waals surface area contributed by atoms with E-state index in [0.717, 1.165) is 17.0 Å². The predicted octanol–water partition coefficient (Wildman–Crippen LogP) is 3.36. The van der Waals surface area contributed by atoms with Crippen LogP contribution in [0, 0.1) is 0 Å². The molecular formula is C16H19N3O2. The topological polar surface area (TPSA) is 76.4 Å². The maximum absolute atomic E-state index is 10.8. The molecule has 2 aromatic rings. The van der Waals surface area contributed by atoms with Crippen molar-refractivity contribution >= 4 is 17.4 Å². The summed E-state index contributed by atoms with van der Waals surface area (Å²) in [6.07, 6.45) is 0. The lowest BCUT2D eigenvalue weighted by molar-refractivity contribution is 0.259. The van der Waals surface area contributed by atoms with Gasteiger partial charge in [-0.25, -0.2) is 4.79 Å². The van der Waals surface area contributed by atoms with Crippen molar-refractivity contribution in [3.63, 3.8) is 0 Å². The highest BCUT2D eigenvalue weighted by Gasteiger charge is 2.05. The van der Waals surface area contributed by atoms with Crippen LogP contribution in [0.15, 0.2) is 48.5 Å². The fourth-order valence-electron chi connectivity index (χ4n) is 2.02. The number of carbonyl (C=O) groups excluding carboxylic acids is 1. The smallest absolute Gasteiger partial charge is 0.316 e. The van der Waals surface area contributed by atoms with Crippen LogP contribution in [0.25, 0.3) is 0 Å². The van der Waals surface area contributed by atoms with Crippen molar-refractivity contribution in [2.75, 3.05) is 17.7 Å². The Morgan fingerprint density at radius 3 is 2.14 bits per heavy atom. The summed E-state index contributed by atoms with van der Waals surface area (Å²) >= 11 is 0. The quantitative estimate of drug-likeness (QED) is 0.788. The van der Waals surface area contributed by atoms with Gasteiger partial charge in [0.15, 0.2) is 0 Å². The molecule has 0 aliphatic heterocycles. The van der Waals surface area contributed by atoms with Crippen molar-refractivity contribution < 1.29 is 9.53 Å². The Morgan fingerprint density at radius 2 is 1.62 bits per heavy atom. The Labute approximate surface area is 124 Å². The van der Waals surface area contributed by atoms with Crippen molar-refractivity contribution in [2.45, 2.75) is 13.0 Å². The summed E-state index contributed by atoms with van der Waals surface area (Å²) in [5.74, 6) is 0.841. The van der Waals surface area contributed by atoms with Gasteiger partial charge in [-0.15, -0.1) is 0 Å². The number of benzene rings is 2. The monoisotopic (exact) mass is 285 g/mol. The third-order valence-corrected chi connectivity index (χ3v) is 3.15. The van der Waals surface area contributed by atoms with Crippen LogP contribution < -0.4 is 21.1 Å². The predicted molar refractivity (Wildman–Crippen MR) is 84.7 cm³/mol. The van der Waals surface area contributed by atoms with Crippen LogP contribution in [0.4, 0.5) is 16.2 Å². The first-order valence-electron chi connectivity index (χ1n) is 6.65. The number of urea groups is 1. The molecule has 4 N–H and O–H groups in total. The van der Waals surface area contributed by atoms with E-state index in [1.54, 1.807) is 19.2 Å². The zero-order chi connectivity index (χ0) is 15.2. The number of rotatable bonds is 5. The third-order valence-electron chi connectivity index (χ3n) is 3.15. The number of methoxy groups -OCH3 is 1. The van der Waals surface area contributed by atoms with E-state index in [0.29, 0.717) is 5.69 Å². The molecule has 5 nitrogen and oxygen atoms in total. The van der Waals surface area contributed by atoms with Gasteiger partial charge in [-0.1, -0.05) is 12.1 Å². The highest BCUT2D eigenvalue weighted by molar-refractivity contribution is 5.87. The number of ether oxygens (including phenoxy) is 1. The van der Waals surface area contributed by atoms with Gasteiger partial charge < -0.3 is 21.1 Å². The second-order valence-corrected chi connectivity index (χ2v) is 4.71. The zero-order valence-electron chi connectivity index (χ0n) is 12.1. The lowest BCUT2D eigenvalue weighted by Gasteiger charge is -2.16. The SMILES string of the molecule is COc1ccc(C(C)Nc2ccc(NC(N)=O)cc2)cc1. The number of primary amides is 1. The molecule has 0 saturated carbocycles. The van der Waals surface area contributed by atoms with Gasteiger partial charge in [-0.3, -0.25) is 0 Å². The van der Waals surface area contributed by atoms with E-state index in [2.05, 4.69) is 17.6 Å². The standard InChI is InChI=1S/C16H19N3O2/c1-11(12-3-9-15(21-2)10-4-12)18-13-5-7-14(8-6-13)19-16(17)20/h3-11,18H,1-2H3,(H3,17,19,20). The molecule has 0 spiro atoms. The maximum Gasteiger partial charge on any atom is 0.316 e. The van der Waals surface area contributed by atoms with Gasteiger partial charge >= 0.3 is 6.03 Å². The van der Waals surface area contributed by atoms with Gasteiger partial charge in [0.2, 0.25) is 0 Å². The number of anilines is 2. The van der Waals surface area contributed by atoms with Crippen molar-refractivity contribution in [3.05, 3.63) is 54.1 Å². The van der Waals surface area contributed by atoms with Gasteiger partial charge in [-0.2, -0.15) is 0 Å². The Balaban J connectivity index is 2.01. The van der Waals surface area contributed by atoms with Gasteiger partial charge in [-0.05, 0) is 48.9 Å². The number of amides is 2. The van der Waals surface area contributed by atoms with Crippen LogP contribution >= 0.6 is 0 Å². The van der Waals surface area contributed by atoms with E-state index >= 15 is 0 Å². The molecule has 0 radical (unpaired) electrons. The minimum atomic E-state index is -0.567. The molecule has 0 saturated heterocycles. The molecule has 21 heavy (non-hydrogen) atoms. The summed E-state index contributed by atoms with van der Waals surface area (Å²) < 4.78 is 5.15. The molecule has 0 heterocycles. The average molecular weight is 285 g/mol. The normalized spacial score (nSPS) is 11.5. The molecule has 1 unspecified atom stereocenters. The lowest BCUT2D eigenvalue weighted by atomic mass is 10.1. The van der Waals surface area contributed by atoms with Crippen molar-refractivity contribution in [1.29, 1.82) is 0 Å². The number of carbonyl (C=O) groups is 1. The van der Waals surface area contributed by atoms with Gasteiger partial charge in [0.05, 0.1) is 7.11 Å². The average Bonchev–Trinajstić information content (AvgIpc) is 2.49. The second kappa shape index (κ2) is 6.65. The largest absolute Gasteiger partial charge is 0.497 e. The van der Waals surface area contributed by atoms with Crippen LogP contribution in [-0.2, 0) is 0 Å². The first-order valence-corrected chi connectivity index (χ1v) is 6.65. The number of hydrogen-bond acceptors (Lipinski definition) is 3. The summed E-state index contributed by atoms with van der Waals surface area (Å²) in [6, 6.07) is 14.9. The molecular weight excluding hydrogens is 266 g/mol. The minimum absolute atomic E-state index is 0.158. The summed E-state index contributed by atoms with van der Waals surface area (Å²) in [4.78, 5) is 10.8. The summed E-state index contributed by atoms with van der Waals surface area (Å²) in [7, 11) is 1.65. The van der Waals surface area contributed by atoms with Crippen LogP contribution in [0.2, 0.25) is 0 Å². The fourth-order valence-corrected chi connectivity index (χ4v) is 2.02. The van der Waals surface area contributed by atoms with Crippen LogP contribution in [-0.4, -0.2) is 13.1 Å². The Morgan fingerprint density at radius 1 is 1.05 bits per heavy atom. The number of nitrogens with one attached hydrogen (secondary N) is 2. The minimum Gasteiger partial charge on any atom is -0.497 e. The van der Waals surface area contributed by atoms with Crippen LogP contribution in [0.5, 0.6) is 5.75 Å². The van der Waals surface area contributed by atoms with E-state index in [1.807, 2.05) is 36.4 Å². The van der Waals surface area contributed by atoms with Gasteiger partial charge in [0, 0.05) is 17.4 Å². The van der Waals surface area contributed by atoms with E-state index in [-0.39, 0.29) is 6.04 Å². The fraction of sp³-hybridized carbons (Fsp3) is 0.188. The maximum atomic E-state index is 10.8. The summed E-state index contributed by atoms with van der Waals surface area (Å²) in [6.45, 7) is 2.08. The Kier molecular flexibility index (Phi) is 4.66. The molecule has 110 valence electrons. The number of hydrogen-bond donors (Lipinski definition) is 3. The molecule has 0 aliphatic rings. The molecule has 0 bridgehead atoms. The molecule has 2 rings (SSSR count). The lowest BCUT2D eigenvalue weighted by Crippen LogP contribution is -2.19. The van der Waals surface area contributed by atoms with E-state index in [1.165, 1.54) is 0 Å². The molecule has 0 aliphatic carbocycles. The number of nitrogens with two attached hydrogens (primary N) is 1. The zero-order valence-corrected chi connectivity index (χ0v) is 12.1. The second-order valence-electron chi connectivity index (χ2n) is 4.71. The van der Waals surface area contributed by atoms with Crippen molar-refractivity contribution in [2.24, 2.45) is 5.73 Å². The van der Waals surface area contributed by atoms with E-state index in [4.69, 9.17) is 10.5 Å². The third kappa shape index (κ3) is 4.14. The Bertz CT molecular complexity index is 594. The van der Waals surface area contributed by atoms with Crippen LogP contribution in [0.1, 0.15) is 18.5 Å². The Hall–Kier alpha value is -2.69.